The Bertz CT molecular complexity index is 495. The van der Waals surface area contributed by atoms with Crippen LogP contribution in [0.3, 0.4) is 0 Å². The van der Waals surface area contributed by atoms with Crippen LogP contribution in [-0.2, 0) is 11.2 Å². The van der Waals surface area contributed by atoms with Gasteiger partial charge in [-0.1, -0.05) is 47.8 Å². The summed E-state index contributed by atoms with van der Waals surface area (Å²) in [6, 6.07) is 8.16. The number of unbranched alkanes of at least 4 members (excludes halogenated alkanes) is 1. The number of hydrazone groups is 1. The van der Waals surface area contributed by atoms with E-state index >= 15 is 0 Å². The molecule has 2 rings (SSSR count). The van der Waals surface area contributed by atoms with Crippen LogP contribution in [-0.4, -0.2) is 11.6 Å². The molecule has 1 aliphatic rings. The van der Waals surface area contributed by atoms with Crippen molar-refractivity contribution >= 4 is 27.5 Å². The molecule has 0 unspecified atom stereocenters. The lowest BCUT2D eigenvalue weighted by atomic mass is 9.74. The maximum Gasteiger partial charge on any atom is 0.252 e. The number of nitrogens with one attached hydrogen (secondary N) is 1. The third-order valence-electron chi connectivity index (χ3n) is 3.83. The van der Waals surface area contributed by atoms with Crippen molar-refractivity contribution in [3.63, 3.8) is 0 Å². The lowest BCUT2D eigenvalue weighted by molar-refractivity contribution is -0.126. The first-order valence-corrected chi connectivity index (χ1v) is 7.47. The highest BCUT2D eigenvalue weighted by Gasteiger charge is 2.44. The monoisotopic (exact) mass is 322 g/mol. The van der Waals surface area contributed by atoms with Crippen LogP contribution < -0.4 is 5.43 Å². The topological polar surface area (TPSA) is 41.5 Å². The van der Waals surface area contributed by atoms with Gasteiger partial charge in [0.05, 0.1) is 11.1 Å². The van der Waals surface area contributed by atoms with Gasteiger partial charge in [-0.25, -0.2) is 5.43 Å². The van der Waals surface area contributed by atoms with E-state index in [1.54, 1.807) is 0 Å². The number of hydrogen-bond donors (Lipinski definition) is 1. The number of hydrogen-bond acceptors (Lipinski definition) is 2. The van der Waals surface area contributed by atoms with Crippen molar-refractivity contribution in [3.05, 3.63) is 34.3 Å². The van der Waals surface area contributed by atoms with Gasteiger partial charge >= 0.3 is 0 Å². The molecule has 1 amide bonds. The van der Waals surface area contributed by atoms with Gasteiger partial charge in [-0.05, 0) is 37.5 Å². The molecule has 19 heavy (non-hydrogen) atoms. The Hall–Kier alpha value is -1.16. The number of halogens is 1. The predicted octanol–water partition coefficient (Wildman–Crippen LogP) is 3.67. The van der Waals surface area contributed by atoms with E-state index in [1.165, 1.54) is 5.56 Å². The second-order valence-electron chi connectivity index (χ2n) is 5.13. The summed E-state index contributed by atoms with van der Waals surface area (Å²) in [7, 11) is 0. The molecule has 0 aromatic heterocycles. The summed E-state index contributed by atoms with van der Waals surface area (Å²) in [4.78, 5) is 12.2. The van der Waals surface area contributed by atoms with E-state index in [2.05, 4.69) is 45.5 Å². The molecular weight excluding hydrogens is 304 g/mol. The maximum atomic E-state index is 12.2. The van der Waals surface area contributed by atoms with E-state index < -0.39 is 5.41 Å². The molecule has 102 valence electrons. The molecule has 4 heteroatoms. The highest BCUT2D eigenvalue weighted by atomic mass is 79.9. The molecule has 0 aliphatic carbocycles. The van der Waals surface area contributed by atoms with E-state index in [0.717, 1.165) is 35.9 Å². The molecule has 1 heterocycles. The van der Waals surface area contributed by atoms with Gasteiger partial charge in [0, 0.05) is 4.47 Å². The van der Waals surface area contributed by atoms with Crippen molar-refractivity contribution < 1.29 is 4.79 Å². The van der Waals surface area contributed by atoms with E-state index in [4.69, 9.17) is 0 Å². The van der Waals surface area contributed by atoms with Gasteiger partial charge < -0.3 is 0 Å². The molecular formula is C15H19BrN2O. The summed E-state index contributed by atoms with van der Waals surface area (Å²) in [5.74, 6) is 0.0429. The van der Waals surface area contributed by atoms with Crippen molar-refractivity contribution in [2.24, 2.45) is 10.5 Å². The highest BCUT2D eigenvalue weighted by molar-refractivity contribution is 9.10. The van der Waals surface area contributed by atoms with Gasteiger partial charge in [0.15, 0.2) is 0 Å². The van der Waals surface area contributed by atoms with Crippen LogP contribution in [0.2, 0.25) is 0 Å². The molecule has 0 fully saturated rings. The maximum absolute atomic E-state index is 12.2. The molecule has 0 spiro atoms. The van der Waals surface area contributed by atoms with Gasteiger partial charge in [-0.15, -0.1) is 0 Å². The molecule has 0 saturated heterocycles. The Morgan fingerprint density at radius 2 is 2.00 bits per heavy atom. The van der Waals surface area contributed by atoms with Crippen LogP contribution in [0.15, 0.2) is 33.8 Å². The zero-order valence-electron chi connectivity index (χ0n) is 11.4. The molecule has 0 saturated carbocycles. The number of nitrogens with zero attached hydrogens (tertiary/aromatic N) is 1. The fourth-order valence-electron chi connectivity index (χ4n) is 2.53. The van der Waals surface area contributed by atoms with Crippen molar-refractivity contribution in [1.82, 2.24) is 5.43 Å². The summed E-state index contributed by atoms with van der Waals surface area (Å²) in [5.41, 5.74) is 4.27. The standard InChI is InChI=1S/C15H19BrN2O/c1-3-4-9-15(11(2)17-18-14(15)19)10-12-5-7-13(16)8-6-12/h5-8H,3-4,9-10H2,1-2H3,(H,18,19)/t15-/m1/s1. The van der Waals surface area contributed by atoms with Crippen molar-refractivity contribution in [3.8, 4) is 0 Å². The van der Waals surface area contributed by atoms with Crippen molar-refractivity contribution in [2.45, 2.75) is 39.5 Å². The van der Waals surface area contributed by atoms with Crippen LogP contribution in [0.25, 0.3) is 0 Å². The minimum absolute atomic E-state index is 0.0429. The average Bonchev–Trinajstić information content (AvgIpc) is 2.68. The van der Waals surface area contributed by atoms with Gasteiger partial charge in [0.1, 0.15) is 0 Å². The zero-order chi connectivity index (χ0) is 13.9. The zero-order valence-corrected chi connectivity index (χ0v) is 13.0. The summed E-state index contributed by atoms with van der Waals surface area (Å²) in [5, 5.41) is 4.15. The number of carbonyl (C=O) groups is 1. The molecule has 1 aromatic rings. The van der Waals surface area contributed by atoms with Gasteiger partial charge in [0.25, 0.3) is 5.91 Å². The Labute approximate surface area is 122 Å². The first kappa shape index (κ1) is 14.3. The van der Waals surface area contributed by atoms with Crippen LogP contribution in [0.5, 0.6) is 0 Å². The molecule has 1 N–H and O–H groups in total. The minimum atomic E-state index is -0.455. The number of rotatable bonds is 5. The van der Waals surface area contributed by atoms with E-state index in [9.17, 15) is 4.79 Å². The minimum Gasteiger partial charge on any atom is -0.272 e. The van der Waals surface area contributed by atoms with Gasteiger partial charge in [-0.3, -0.25) is 4.79 Å². The molecule has 3 nitrogen and oxygen atoms in total. The number of amides is 1. The molecule has 1 aromatic carbocycles. The third-order valence-corrected chi connectivity index (χ3v) is 4.36. The average molecular weight is 323 g/mol. The smallest absolute Gasteiger partial charge is 0.252 e. The van der Waals surface area contributed by atoms with E-state index in [1.807, 2.05) is 19.1 Å². The SMILES string of the molecule is CCCC[C@]1(Cc2ccc(Br)cc2)C(=O)NN=C1C. The largest absolute Gasteiger partial charge is 0.272 e. The summed E-state index contributed by atoms with van der Waals surface area (Å²) >= 11 is 3.43. The predicted molar refractivity (Wildman–Crippen MR) is 81.1 cm³/mol. The Balaban J connectivity index is 2.26. The fraction of sp³-hybridized carbons (Fsp3) is 0.467. The van der Waals surface area contributed by atoms with Crippen LogP contribution in [0, 0.1) is 5.41 Å². The van der Waals surface area contributed by atoms with Crippen LogP contribution in [0.1, 0.15) is 38.7 Å². The van der Waals surface area contributed by atoms with Crippen LogP contribution in [0.4, 0.5) is 0 Å². The molecule has 1 atom stereocenters. The summed E-state index contributed by atoms with van der Waals surface area (Å²) in [6.07, 6.45) is 3.71. The second kappa shape index (κ2) is 5.87. The Morgan fingerprint density at radius 1 is 1.32 bits per heavy atom. The summed E-state index contributed by atoms with van der Waals surface area (Å²) in [6.45, 7) is 4.10. The third kappa shape index (κ3) is 2.89. The molecule has 1 aliphatic heterocycles. The van der Waals surface area contributed by atoms with Crippen molar-refractivity contribution in [1.29, 1.82) is 0 Å². The normalized spacial score (nSPS) is 22.3. The van der Waals surface area contributed by atoms with E-state index in [0.29, 0.717) is 0 Å². The number of carbonyl (C=O) groups excluding carboxylic acids is 1. The first-order valence-electron chi connectivity index (χ1n) is 6.68. The number of benzene rings is 1. The quantitative estimate of drug-likeness (QED) is 0.882. The lowest BCUT2D eigenvalue weighted by Crippen LogP contribution is -2.39. The van der Waals surface area contributed by atoms with Crippen LogP contribution >= 0.6 is 15.9 Å². The van der Waals surface area contributed by atoms with E-state index in [-0.39, 0.29) is 5.91 Å². The Kier molecular flexibility index (Phi) is 4.40. The molecule has 0 bridgehead atoms. The first-order chi connectivity index (χ1) is 9.08. The second-order valence-corrected chi connectivity index (χ2v) is 6.04. The van der Waals surface area contributed by atoms with Crippen molar-refractivity contribution in [2.75, 3.05) is 0 Å². The lowest BCUT2D eigenvalue weighted by Gasteiger charge is -2.26. The highest BCUT2D eigenvalue weighted by Crippen LogP contribution is 2.34. The fourth-order valence-corrected chi connectivity index (χ4v) is 2.80. The Morgan fingerprint density at radius 3 is 2.53 bits per heavy atom. The van der Waals surface area contributed by atoms with Gasteiger partial charge in [-0.2, -0.15) is 5.10 Å². The van der Waals surface area contributed by atoms with Gasteiger partial charge in [0.2, 0.25) is 0 Å². The molecule has 0 radical (unpaired) electrons. The summed E-state index contributed by atoms with van der Waals surface area (Å²) < 4.78 is 1.06.